The summed E-state index contributed by atoms with van der Waals surface area (Å²) < 4.78 is 1.13. The fraction of sp³-hybridized carbons (Fsp3) is 0.100. The molecular formula is C10H8INOS2. The van der Waals surface area contributed by atoms with Crippen molar-refractivity contribution in [1.29, 1.82) is 0 Å². The molecule has 0 radical (unpaired) electrons. The molecule has 78 valence electrons. The third-order valence-electron chi connectivity index (χ3n) is 1.86. The molecule has 15 heavy (non-hydrogen) atoms. The summed E-state index contributed by atoms with van der Waals surface area (Å²) in [7, 11) is 0. The van der Waals surface area contributed by atoms with Crippen molar-refractivity contribution in [1.82, 2.24) is 5.32 Å². The molecule has 2 nitrogen and oxygen atoms in total. The molecule has 5 heteroatoms. The first-order chi connectivity index (χ1) is 7.25. The van der Waals surface area contributed by atoms with Gasteiger partial charge in [-0.15, -0.1) is 11.3 Å². The van der Waals surface area contributed by atoms with Crippen molar-refractivity contribution in [2.75, 3.05) is 0 Å². The minimum absolute atomic E-state index is 0.000339. The lowest BCUT2D eigenvalue weighted by Gasteiger charge is -2.00. The van der Waals surface area contributed by atoms with Gasteiger partial charge in [-0.2, -0.15) is 11.3 Å². The molecule has 2 rings (SSSR count). The Bertz CT molecular complexity index is 450. The highest BCUT2D eigenvalue weighted by Gasteiger charge is 2.07. The highest BCUT2D eigenvalue weighted by atomic mass is 127. The zero-order valence-electron chi connectivity index (χ0n) is 7.70. The van der Waals surface area contributed by atoms with Gasteiger partial charge in [0.05, 0.1) is 8.45 Å². The van der Waals surface area contributed by atoms with Gasteiger partial charge in [-0.1, -0.05) is 0 Å². The molecule has 1 N–H and O–H groups in total. The summed E-state index contributed by atoms with van der Waals surface area (Å²) in [4.78, 5) is 11.6. The first-order valence-electron chi connectivity index (χ1n) is 4.29. The number of carbonyl (C=O) groups excluding carboxylic acids is 1. The Kier molecular flexibility index (Phi) is 3.76. The number of amides is 1. The van der Waals surface area contributed by atoms with Gasteiger partial charge in [0.1, 0.15) is 0 Å². The molecule has 0 bridgehead atoms. The fourth-order valence-corrected chi connectivity index (χ4v) is 3.10. The van der Waals surface area contributed by atoms with Gasteiger partial charge < -0.3 is 5.32 Å². The quantitative estimate of drug-likeness (QED) is 0.846. The van der Waals surface area contributed by atoms with Crippen molar-refractivity contribution in [3.8, 4) is 0 Å². The molecule has 0 saturated carbocycles. The minimum Gasteiger partial charge on any atom is -0.348 e. The van der Waals surface area contributed by atoms with Crippen LogP contribution in [0.15, 0.2) is 28.3 Å². The molecular weight excluding hydrogens is 341 g/mol. The van der Waals surface area contributed by atoms with Crippen LogP contribution in [-0.4, -0.2) is 5.91 Å². The van der Waals surface area contributed by atoms with E-state index in [1.54, 1.807) is 22.7 Å². The van der Waals surface area contributed by atoms with Gasteiger partial charge in [-0.25, -0.2) is 0 Å². The predicted octanol–water partition coefficient (Wildman–Crippen LogP) is 3.34. The zero-order valence-corrected chi connectivity index (χ0v) is 11.5. The second-order valence-electron chi connectivity index (χ2n) is 2.95. The molecule has 0 unspecified atom stereocenters. The van der Waals surface area contributed by atoms with Crippen LogP contribution in [-0.2, 0) is 6.54 Å². The SMILES string of the molecule is O=C(NCc1ccsc1)c1csc(I)c1. The normalized spacial score (nSPS) is 10.2. The van der Waals surface area contributed by atoms with Crippen LogP contribution in [0.25, 0.3) is 0 Å². The van der Waals surface area contributed by atoms with Gasteiger partial charge in [0.15, 0.2) is 0 Å². The van der Waals surface area contributed by atoms with E-state index in [0.717, 1.165) is 14.0 Å². The maximum absolute atomic E-state index is 11.6. The highest BCUT2D eigenvalue weighted by molar-refractivity contribution is 14.1. The topological polar surface area (TPSA) is 29.1 Å². The third-order valence-corrected chi connectivity index (χ3v) is 4.38. The largest absolute Gasteiger partial charge is 0.348 e. The van der Waals surface area contributed by atoms with Crippen LogP contribution in [0, 0.1) is 2.88 Å². The van der Waals surface area contributed by atoms with E-state index >= 15 is 0 Å². The minimum atomic E-state index is 0.000339. The number of hydrogen-bond donors (Lipinski definition) is 1. The maximum Gasteiger partial charge on any atom is 0.252 e. The van der Waals surface area contributed by atoms with Gasteiger partial charge in [-0.05, 0) is 51.0 Å². The lowest BCUT2D eigenvalue weighted by Crippen LogP contribution is -2.21. The van der Waals surface area contributed by atoms with Crippen LogP contribution >= 0.6 is 45.3 Å². The first kappa shape index (κ1) is 11.1. The van der Waals surface area contributed by atoms with Crippen molar-refractivity contribution in [2.45, 2.75) is 6.54 Å². The van der Waals surface area contributed by atoms with E-state index in [4.69, 9.17) is 0 Å². The second kappa shape index (κ2) is 5.09. The monoisotopic (exact) mass is 349 g/mol. The van der Waals surface area contributed by atoms with Crippen LogP contribution in [0.2, 0.25) is 0 Å². The smallest absolute Gasteiger partial charge is 0.252 e. The second-order valence-corrected chi connectivity index (χ2v) is 6.54. The standard InChI is InChI=1S/C10H8INOS2/c11-9-3-8(6-15-9)10(13)12-4-7-1-2-14-5-7/h1-3,5-6H,4H2,(H,12,13). The molecule has 0 fully saturated rings. The van der Waals surface area contributed by atoms with Crippen molar-refractivity contribution in [3.63, 3.8) is 0 Å². The summed E-state index contributed by atoms with van der Waals surface area (Å²) in [6.07, 6.45) is 0. The molecule has 0 aromatic carbocycles. The number of thiophene rings is 2. The molecule has 2 aromatic heterocycles. The lowest BCUT2D eigenvalue weighted by molar-refractivity contribution is 0.0951. The molecule has 0 aliphatic rings. The molecule has 2 heterocycles. The highest BCUT2D eigenvalue weighted by Crippen LogP contribution is 2.16. The van der Waals surface area contributed by atoms with Crippen LogP contribution in [0.5, 0.6) is 0 Å². The van der Waals surface area contributed by atoms with Crippen molar-refractivity contribution in [3.05, 3.63) is 42.3 Å². The molecule has 1 amide bonds. The van der Waals surface area contributed by atoms with Crippen molar-refractivity contribution >= 4 is 51.2 Å². The predicted molar refractivity (Wildman–Crippen MR) is 72.5 cm³/mol. The molecule has 0 spiro atoms. The summed E-state index contributed by atoms with van der Waals surface area (Å²) in [5.41, 5.74) is 1.90. The van der Waals surface area contributed by atoms with Crippen LogP contribution < -0.4 is 5.32 Å². The first-order valence-corrected chi connectivity index (χ1v) is 7.19. The molecule has 2 aromatic rings. The van der Waals surface area contributed by atoms with E-state index in [0.29, 0.717) is 6.54 Å². The molecule has 0 atom stereocenters. The van der Waals surface area contributed by atoms with Gasteiger partial charge in [0, 0.05) is 11.9 Å². The van der Waals surface area contributed by atoms with Crippen LogP contribution in [0.3, 0.4) is 0 Å². The summed E-state index contributed by atoms with van der Waals surface area (Å²) >= 11 is 5.44. The van der Waals surface area contributed by atoms with E-state index in [1.165, 1.54) is 0 Å². The summed E-state index contributed by atoms with van der Waals surface area (Å²) in [5.74, 6) is 0.000339. The van der Waals surface area contributed by atoms with E-state index in [2.05, 4.69) is 27.9 Å². The van der Waals surface area contributed by atoms with E-state index in [9.17, 15) is 4.79 Å². The number of halogens is 1. The Morgan fingerprint density at radius 1 is 1.47 bits per heavy atom. The van der Waals surface area contributed by atoms with Crippen molar-refractivity contribution in [2.24, 2.45) is 0 Å². The molecule has 0 saturated heterocycles. The Balaban J connectivity index is 1.93. The Morgan fingerprint density at radius 3 is 2.93 bits per heavy atom. The molecule has 0 aliphatic carbocycles. The average Bonchev–Trinajstić information content (AvgIpc) is 2.84. The number of rotatable bonds is 3. The summed E-state index contributed by atoms with van der Waals surface area (Å²) in [5, 5.41) is 8.81. The van der Waals surface area contributed by atoms with Crippen LogP contribution in [0.4, 0.5) is 0 Å². The Morgan fingerprint density at radius 2 is 2.33 bits per heavy atom. The van der Waals surface area contributed by atoms with Gasteiger partial charge in [0.25, 0.3) is 5.91 Å². The van der Waals surface area contributed by atoms with Crippen LogP contribution in [0.1, 0.15) is 15.9 Å². The fourth-order valence-electron chi connectivity index (χ4n) is 1.11. The van der Waals surface area contributed by atoms with E-state index < -0.39 is 0 Å². The lowest BCUT2D eigenvalue weighted by atomic mass is 10.3. The summed E-state index contributed by atoms with van der Waals surface area (Å²) in [6, 6.07) is 3.91. The van der Waals surface area contributed by atoms with Gasteiger partial charge in [0.2, 0.25) is 0 Å². The summed E-state index contributed by atoms with van der Waals surface area (Å²) in [6.45, 7) is 0.606. The Hall–Kier alpha value is -0.400. The number of hydrogen-bond acceptors (Lipinski definition) is 3. The number of nitrogens with one attached hydrogen (secondary N) is 1. The molecule has 0 aliphatic heterocycles. The zero-order chi connectivity index (χ0) is 10.7. The van der Waals surface area contributed by atoms with Gasteiger partial charge in [-0.3, -0.25) is 4.79 Å². The van der Waals surface area contributed by atoms with Crippen molar-refractivity contribution < 1.29 is 4.79 Å². The Labute approximate surface area is 109 Å². The van der Waals surface area contributed by atoms with E-state index in [-0.39, 0.29) is 5.91 Å². The van der Waals surface area contributed by atoms with Gasteiger partial charge >= 0.3 is 0 Å². The maximum atomic E-state index is 11.6. The third kappa shape index (κ3) is 3.02. The number of carbonyl (C=O) groups is 1. The average molecular weight is 349 g/mol. The van der Waals surface area contributed by atoms with E-state index in [1.807, 2.05) is 28.3 Å².